The highest BCUT2D eigenvalue weighted by Crippen LogP contribution is 2.24. The van der Waals surface area contributed by atoms with Gasteiger partial charge >= 0.3 is 5.97 Å². The van der Waals surface area contributed by atoms with Crippen molar-refractivity contribution in [1.82, 2.24) is 19.8 Å². The van der Waals surface area contributed by atoms with Crippen LogP contribution in [0.4, 0.5) is 0 Å². The summed E-state index contributed by atoms with van der Waals surface area (Å²) >= 11 is 0. The Morgan fingerprint density at radius 1 is 1.16 bits per heavy atom. The number of methoxy groups -OCH3 is 1. The number of esters is 1. The Hall–Kier alpha value is -3.35. The number of ether oxygens (including phenoxy) is 1. The maximum Gasteiger partial charge on any atom is 0.310 e. The molecule has 1 aliphatic heterocycles. The minimum absolute atomic E-state index is 0.109. The molecule has 0 amide bonds. The highest BCUT2D eigenvalue weighted by molar-refractivity contribution is 5.82. The van der Waals surface area contributed by atoms with Gasteiger partial charge in [0.05, 0.1) is 30.4 Å². The van der Waals surface area contributed by atoms with Crippen LogP contribution in [-0.4, -0.2) is 53.6 Å². The summed E-state index contributed by atoms with van der Waals surface area (Å²) in [5.74, 6) is 0.797. The van der Waals surface area contributed by atoms with Crippen LogP contribution >= 0.6 is 0 Å². The van der Waals surface area contributed by atoms with Gasteiger partial charge in [0.2, 0.25) is 0 Å². The number of likely N-dealkylation sites (tertiary alicyclic amines) is 1. The molecule has 7 heteroatoms. The van der Waals surface area contributed by atoms with E-state index in [2.05, 4.69) is 62.0 Å². The molecule has 0 spiro atoms. The molecule has 3 aromatic rings. The Kier molecular flexibility index (Phi) is 6.21. The number of aromatic nitrogens is 2. The summed E-state index contributed by atoms with van der Waals surface area (Å²) in [5.41, 5.74) is 4.56. The third-order valence-corrected chi connectivity index (χ3v) is 5.98. The number of benzene rings is 2. The van der Waals surface area contributed by atoms with Gasteiger partial charge in [-0.25, -0.2) is 4.98 Å². The number of fused-ring (bicyclic) bond motifs is 1. The van der Waals surface area contributed by atoms with E-state index in [9.17, 15) is 4.79 Å². The van der Waals surface area contributed by atoms with Crippen molar-refractivity contribution in [2.45, 2.75) is 20.0 Å². The fraction of sp³-hybridized carbons (Fsp3) is 0.375. The molecular weight excluding hydrogens is 390 g/mol. The first-order valence-corrected chi connectivity index (χ1v) is 10.6. The summed E-state index contributed by atoms with van der Waals surface area (Å²) in [6.07, 6.45) is 1.89. The summed E-state index contributed by atoms with van der Waals surface area (Å²) in [4.78, 5) is 23.0. The van der Waals surface area contributed by atoms with E-state index in [1.165, 1.54) is 18.2 Å². The molecular formula is C24H29N5O2. The van der Waals surface area contributed by atoms with Crippen molar-refractivity contribution in [3.8, 4) is 0 Å². The van der Waals surface area contributed by atoms with Crippen LogP contribution in [0.15, 0.2) is 59.9 Å². The summed E-state index contributed by atoms with van der Waals surface area (Å²) in [7, 11) is 3.22. The molecule has 1 saturated heterocycles. The molecule has 1 N–H and O–H groups in total. The largest absolute Gasteiger partial charge is 0.469 e. The molecule has 1 aromatic heterocycles. The van der Waals surface area contributed by atoms with E-state index in [0.717, 1.165) is 30.1 Å². The summed E-state index contributed by atoms with van der Waals surface area (Å²) in [6, 6.07) is 16.7. The fourth-order valence-electron chi connectivity index (χ4n) is 4.21. The van der Waals surface area contributed by atoms with Crippen LogP contribution in [0, 0.1) is 11.8 Å². The Morgan fingerprint density at radius 3 is 2.65 bits per heavy atom. The lowest BCUT2D eigenvalue weighted by Crippen LogP contribution is -2.40. The van der Waals surface area contributed by atoms with Crippen LogP contribution in [-0.2, 0) is 22.6 Å². The topological polar surface area (TPSA) is 71.8 Å². The Bertz CT molecular complexity index is 1070. The van der Waals surface area contributed by atoms with Crippen LogP contribution in [0.2, 0.25) is 0 Å². The number of nitrogens with one attached hydrogen (secondary N) is 1. The number of rotatable bonds is 5. The summed E-state index contributed by atoms with van der Waals surface area (Å²) in [6.45, 7) is 4.96. The lowest BCUT2D eigenvalue weighted by Gasteiger charge is -2.21. The molecule has 0 saturated carbocycles. The van der Waals surface area contributed by atoms with E-state index < -0.39 is 0 Å². The lowest BCUT2D eigenvalue weighted by molar-refractivity contribution is -0.145. The lowest BCUT2D eigenvalue weighted by atomic mass is 9.99. The molecule has 162 valence electrons. The number of hydrogen-bond acceptors (Lipinski definition) is 4. The van der Waals surface area contributed by atoms with E-state index in [-0.39, 0.29) is 17.8 Å². The molecule has 2 atom stereocenters. The third-order valence-electron chi connectivity index (χ3n) is 5.98. The second-order valence-electron chi connectivity index (χ2n) is 8.09. The molecule has 2 aromatic carbocycles. The zero-order valence-corrected chi connectivity index (χ0v) is 18.3. The van der Waals surface area contributed by atoms with Crippen LogP contribution in [0.1, 0.15) is 18.1 Å². The number of carbonyl (C=O) groups is 1. The van der Waals surface area contributed by atoms with Crippen molar-refractivity contribution in [1.29, 1.82) is 0 Å². The minimum Gasteiger partial charge on any atom is -0.469 e. The highest BCUT2D eigenvalue weighted by Gasteiger charge is 2.36. The Morgan fingerprint density at radius 2 is 1.90 bits per heavy atom. The predicted octanol–water partition coefficient (Wildman–Crippen LogP) is 2.90. The number of imidazole rings is 1. The van der Waals surface area contributed by atoms with E-state index in [1.807, 2.05) is 24.5 Å². The van der Waals surface area contributed by atoms with Crippen molar-refractivity contribution < 1.29 is 9.53 Å². The average molecular weight is 420 g/mol. The number of carbonyl (C=O) groups excluding carboxylic acids is 1. The van der Waals surface area contributed by atoms with Crippen LogP contribution < -0.4 is 5.32 Å². The van der Waals surface area contributed by atoms with Gasteiger partial charge in [0.25, 0.3) is 0 Å². The van der Waals surface area contributed by atoms with Gasteiger partial charge in [-0.15, -0.1) is 0 Å². The fourth-order valence-corrected chi connectivity index (χ4v) is 4.21. The van der Waals surface area contributed by atoms with E-state index >= 15 is 0 Å². The van der Waals surface area contributed by atoms with Gasteiger partial charge in [0.15, 0.2) is 5.96 Å². The molecule has 2 unspecified atom stereocenters. The second-order valence-corrected chi connectivity index (χ2v) is 8.09. The number of hydrogen-bond donors (Lipinski definition) is 1. The molecule has 4 rings (SSSR count). The van der Waals surface area contributed by atoms with Crippen molar-refractivity contribution >= 4 is 23.0 Å². The van der Waals surface area contributed by atoms with Gasteiger partial charge in [0, 0.05) is 33.2 Å². The third kappa shape index (κ3) is 4.55. The van der Waals surface area contributed by atoms with Crippen LogP contribution in [0.5, 0.6) is 0 Å². The zero-order chi connectivity index (χ0) is 21.8. The number of para-hydroxylation sites is 2. The van der Waals surface area contributed by atoms with Gasteiger partial charge in [-0.2, -0.15) is 0 Å². The normalized spacial score (nSPS) is 19.1. The molecule has 0 bridgehead atoms. The smallest absolute Gasteiger partial charge is 0.310 e. The maximum atomic E-state index is 12.0. The van der Waals surface area contributed by atoms with Crippen molar-refractivity contribution in [3.05, 3.63) is 66.0 Å². The van der Waals surface area contributed by atoms with Crippen molar-refractivity contribution in [3.63, 3.8) is 0 Å². The quantitative estimate of drug-likeness (QED) is 0.391. The van der Waals surface area contributed by atoms with Gasteiger partial charge in [-0.1, -0.05) is 43.3 Å². The first kappa shape index (κ1) is 20.9. The minimum atomic E-state index is -0.147. The van der Waals surface area contributed by atoms with Crippen LogP contribution in [0.3, 0.4) is 0 Å². The molecule has 2 heterocycles. The Balaban J connectivity index is 1.35. The zero-order valence-electron chi connectivity index (χ0n) is 18.3. The van der Waals surface area contributed by atoms with E-state index in [1.54, 1.807) is 7.05 Å². The van der Waals surface area contributed by atoms with Gasteiger partial charge in [-0.05, 0) is 29.2 Å². The van der Waals surface area contributed by atoms with Crippen LogP contribution in [0.25, 0.3) is 11.0 Å². The predicted molar refractivity (Wildman–Crippen MR) is 122 cm³/mol. The Labute approximate surface area is 182 Å². The molecule has 1 fully saturated rings. The SMILES string of the molecule is CN=C(NCc1ccc(Cn2cnc3ccccc32)cc1)N1CC(C)C(C(=O)OC)C1. The highest BCUT2D eigenvalue weighted by atomic mass is 16.5. The number of aliphatic imine (C=N–C) groups is 1. The van der Waals surface area contributed by atoms with Crippen molar-refractivity contribution in [2.75, 3.05) is 27.2 Å². The first-order valence-electron chi connectivity index (χ1n) is 10.6. The molecule has 0 aliphatic carbocycles. The average Bonchev–Trinajstić information content (AvgIpc) is 3.38. The second kappa shape index (κ2) is 9.20. The summed E-state index contributed by atoms with van der Waals surface area (Å²) < 4.78 is 7.10. The van der Waals surface area contributed by atoms with Gasteiger partial charge in [-0.3, -0.25) is 9.79 Å². The molecule has 7 nitrogen and oxygen atoms in total. The monoisotopic (exact) mass is 419 g/mol. The first-order chi connectivity index (χ1) is 15.1. The summed E-state index contributed by atoms with van der Waals surface area (Å²) in [5, 5.41) is 3.42. The van der Waals surface area contributed by atoms with Gasteiger partial charge in [0.1, 0.15) is 0 Å². The molecule has 31 heavy (non-hydrogen) atoms. The molecule has 1 aliphatic rings. The molecule has 0 radical (unpaired) electrons. The van der Waals surface area contributed by atoms with Gasteiger partial charge < -0.3 is 19.5 Å². The van der Waals surface area contributed by atoms with E-state index in [4.69, 9.17) is 4.74 Å². The maximum absolute atomic E-state index is 12.0. The standard InChI is InChI=1S/C24H29N5O2/c1-17-13-28(15-20(17)23(30)31-3)24(25-2)26-12-18-8-10-19(11-9-18)14-29-16-27-21-6-4-5-7-22(21)29/h4-11,16-17,20H,12-15H2,1-3H3,(H,25,26). The van der Waals surface area contributed by atoms with Crippen molar-refractivity contribution in [2.24, 2.45) is 16.8 Å². The van der Waals surface area contributed by atoms with E-state index in [0.29, 0.717) is 13.1 Å². The number of nitrogens with zero attached hydrogens (tertiary/aromatic N) is 4. The number of guanidine groups is 1.